The van der Waals surface area contributed by atoms with Gasteiger partial charge in [0.2, 0.25) is 0 Å². The number of hydrogen-bond acceptors (Lipinski definition) is 3. The molecule has 2 aromatic rings. The van der Waals surface area contributed by atoms with Gasteiger partial charge in [0.1, 0.15) is 17.1 Å². The molecule has 0 saturated heterocycles. The number of rotatable bonds is 6. The summed E-state index contributed by atoms with van der Waals surface area (Å²) in [5.74, 6) is -1.02. The first kappa shape index (κ1) is 19.6. The van der Waals surface area contributed by atoms with Gasteiger partial charge < -0.3 is 14.9 Å². The summed E-state index contributed by atoms with van der Waals surface area (Å²) in [4.78, 5) is 11.7. The van der Waals surface area contributed by atoms with E-state index in [1.807, 2.05) is 32.1 Å². The molecule has 0 bridgehead atoms. The van der Waals surface area contributed by atoms with Crippen LogP contribution in [0.25, 0.3) is 12.2 Å². The second kappa shape index (κ2) is 8.59. The summed E-state index contributed by atoms with van der Waals surface area (Å²) in [5.41, 5.74) is 2.60. The smallest absolute Gasteiger partial charge is 0.340 e. The number of aromatic hydroxyl groups is 1. The Morgan fingerprint density at radius 1 is 1.19 bits per heavy atom. The number of methoxy groups -OCH3 is 1. The lowest BCUT2D eigenvalue weighted by molar-refractivity contribution is 0.0693. The van der Waals surface area contributed by atoms with Gasteiger partial charge in [-0.2, -0.15) is 0 Å². The van der Waals surface area contributed by atoms with Crippen molar-refractivity contribution in [2.75, 3.05) is 7.11 Å². The van der Waals surface area contributed by atoms with Gasteiger partial charge in [-0.15, -0.1) is 0 Å². The number of aromatic carboxylic acids is 1. The van der Waals surface area contributed by atoms with Crippen molar-refractivity contribution < 1.29 is 19.7 Å². The van der Waals surface area contributed by atoms with E-state index in [1.165, 1.54) is 7.11 Å². The van der Waals surface area contributed by atoms with Crippen LogP contribution in [-0.4, -0.2) is 23.3 Å². The quantitative estimate of drug-likeness (QED) is 0.524. The first-order chi connectivity index (χ1) is 12.3. The Labute approximate surface area is 158 Å². The second-order valence-corrected chi connectivity index (χ2v) is 6.48. The number of halogens is 1. The molecule has 4 nitrogen and oxygen atoms in total. The second-order valence-electron chi connectivity index (χ2n) is 6.05. The van der Waals surface area contributed by atoms with Crippen molar-refractivity contribution in [1.82, 2.24) is 0 Å². The molecule has 2 aromatic carbocycles. The van der Waals surface area contributed by atoms with E-state index in [2.05, 4.69) is 0 Å². The Kier molecular flexibility index (Phi) is 6.47. The number of benzene rings is 2. The molecule has 0 aliphatic rings. The topological polar surface area (TPSA) is 66.8 Å². The summed E-state index contributed by atoms with van der Waals surface area (Å²) in [6, 6.07) is 8.77. The van der Waals surface area contributed by atoms with Gasteiger partial charge in [0.15, 0.2) is 0 Å². The Bertz CT molecular complexity index is 861. The van der Waals surface area contributed by atoms with Gasteiger partial charge in [-0.25, -0.2) is 4.79 Å². The molecule has 2 rings (SSSR count). The standard InChI is InChI=1S/C21H21ClO4/c1-13(2)4-11-17-18(26-3)12-15(19(20(17)23)21(24)25)8-5-14-6-9-16(22)10-7-14/h4-10,12,23H,11H2,1-3H3,(H,24,25)/b8-5+. The summed E-state index contributed by atoms with van der Waals surface area (Å²) in [6.07, 6.45) is 5.69. The highest BCUT2D eigenvalue weighted by Gasteiger charge is 2.21. The fraction of sp³-hybridized carbons (Fsp3) is 0.190. The average Bonchev–Trinajstić information content (AvgIpc) is 2.59. The highest BCUT2D eigenvalue weighted by molar-refractivity contribution is 6.30. The van der Waals surface area contributed by atoms with Crippen molar-refractivity contribution >= 4 is 29.7 Å². The summed E-state index contributed by atoms with van der Waals surface area (Å²) >= 11 is 5.87. The minimum atomic E-state index is -1.20. The molecule has 26 heavy (non-hydrogen) atoms. The number of carboxylic acids is 1. The minimum absolute atomic E-state index is 0.145. The third kappa shape index (κ3) is 4.67. The lowest BCUT2D eigenvalue weighted by atomic mass is 9.97. The molecule has 0 amide bonds. The van der Waals surface area contributed by atoms with Gasteiger partial charge in [0, 0.05) is 10.6 Å². The van der Waals surface area contributed by atoms with E-state index in [9.17, 15) is 15.0 Å². The van der Waals surface area contributed by atoms with E-state index in [0.29, 0.717) is 28.3 Å². The van der Waals surface area contributed by atoms with Crippen molar-refractivity contribution in [2.45, 2.75) is 20.3 Å². The molecule has 0 unspecified atom stereocenters. The van der Waals surface area contributed by atoms with Crippen LogP contribution in [0.5, 0.6) is 11.5 Å². The third-order valence-electron chi connectivity index (χ3n) is 3.87. The predicted molar refractivity (Wildman–Crippen MR) is 105 cm³/mol. The van der Waals surface area contributed by atoms with Gasteiger partial charge in [-0.05, 0) is 49.6 Å². The van der Waals surface area contributed by atoms with E-state index in [1.54, 1.807) is 30.4 Å². The summed E-state index contributed by atoms with van der Waals surface area (Å²) in [7, 11) is 1.49. The Morgan fingerprint density at radius 2 is 1.85 bits per heavy atom. The van der Waals surface area contributed by atoms with Gasteiger partial charge in [-0.1, -0.05) is 47.5 Å². The lowest BCUT2D eigenvalue weighted by Crippen LogP contribution is -2.04. The number of carboxylic acid groups (broad SMARTS) is 1. The molecule has 0 saturated carbocycles. The number of hydrogen-bond donors (Lipinski definition) is 2. The van der Waals surface area contributed by atoms with Crippen LogP contribution < -0.4 is 4.74 Å². The van der Waals surface area contributed by atoms with Crippen LogP contribution in [0.4, 0.5) is 0 Å². The predicted octanol–water partition coefficient (Wildman–Crippen LogP) is 5.43. The number of phenols is 1. The monoisotopic (exact) mass is 372 g/mol. The molecular weight excluding hydrogens is 352 g/mol. The molecule has 0 heterocycles. The van der Waals surface area contributed by atoms with Crippen molar-refractivity contribution in [3.05, 3.63) is 69.3 Å². The van der Waals surface area contributed by atoms with Gasteiger partial charge in [-0.3, -0.25) is 0 Å². The van der Waals surface area contributed by atoms with E-state index in [0.717, 1.165) is 11.1 Å². The molecule has 0 aromatic heterocycles. The van der Waals surface area contributed by atoms with Crippen LogP contribution in [0.3, 0.4) is 0 Å². The van der Waals surface area contributed by atoms with Crippen LogP contribution in [0, 0.1) is 0 Å². The molecule has 0 atom stereocenters. The van der Waals surface area contributed by atoms with Gasteiger partial charge >= 0.3 is 5.97 Å². The van der Waals surface area contributed by atoms with Crippen LogP contribution in [0.1, 0.15) is 40.9 Å². The molecule has 5 heteroatoms. The van der Waals surface area contributed by atoms with Gasteiger partial charge in [0.25, 0.3) is 0 Å². The molecule has 2 N–H and O–H groups in total. The Morgan fingerprint density at radius 3 is 2.38 bits per heavy atom. The zero-order valence-corrected chi connectivity index (χ0v) is 15.7. The fourth-order valence-corrected chi connectivity index (χ4v) is 2.63. The van der Waals surface area contributed by atoms with Crippen molar-refractivity contribution in [3.63, 3.8) is 0 Å². The van der Waals surface area contributed by atoms with E-state index in [4.69, 9.17) is 16.3 Å². The summed E-state index contributed by atoms with van der Waals surface area (Å²) in [5, 5.41) is 20.8. The third-order valence-corrected chi connectivity index (χ3v) is 4.12. The number of ether oxygens (including phenoxy) is 1. The van der Waals surface area contributed by atoms with Crippen LogP contribution in [-0.2, 0) is 6.42 Å². The molecule has 0 aliphatic carbocycles. The first-order valence-electron chi connectivity index (χ1n) is 8.06. The Balaban J connectivity index is 2.54. The maximum Gasteiger partial charge on any atom is 0.340 e. The highest BCUT2D eigenvalue weighted by Crippen LogP contribution is 2.36. The first-order valence-corrected chi connectivity index (χ1v) is 8.44. The zero-order chi connectivity index (χ0) is 19.3. The summed E-state index contributed by atoms with van der Waals surface area (Å²) < 4.78 is 5.37. The largest absolute Gasteiger partial charge is 0.507 e. The minimum Gasteiger partial charge on any atom is -0.507 e. The molecular formula is C21H21ClO4. The summed E-state index contributed by atoms with van der Waals surface area (Å²) in [6.45, 7) is 3.87. The fourth-order valence-electron chi connectivity index (χ4n) is 2.51. The average molecular weight is 373 g/mol. The molecule has 0 aliphatic heterocycles. The van der Waals surface area contributed by atoms with E-state index in [-0.39, 0.29) is 11.3 Å². The maximum atomic E-state index is 11.7. The van der Waals surface area contributed by atoms with E-state index >= 15 is 0 Å². The molecule has 136 valence electrons. The van der Waals surface area contributed by atoms with Crippen LogP contribution in [0.2, 0.25) is 5.02 Å². The van der Waals surface area contributed by atoms with Crippen LogP contribution in [0.15, 0.2) is 42.0 Å². The Hall–Kier alpha value is -2.72. The molecule has 0 radical (unpaired) electrons. The normalized spacial score (nSPS) is 10.8. The van der Waals surface area contributed by atoms with Crippen molar-refractivity contribution in [3.8, 4) is 11.5 Å². The zero-order valence-electron chi connectivity index (χ0n) is 14.9. The number of carbonyl (C=O) groups is 1. The van der Waals surface area contributed by atoms with Crippen molar-refractivity contribution in [2.24, 2.45) is 0 Å². The molecule has 0 spiro atoms. The lowest BCUT2D eigenvalue weighted by Gasteiger charge is -2.14. The number of allylic oxidation sites excluding steroid dienone is 2. The van der Waals surface area contributed by atoms with E-state index < -0.39 is 5.97 Å². The van der Waals surface area contributed by atoms with Gasteiger partial charge in [0.05, 0.1) is 7.11 Å². The van der Waals surface area contributed by atoms with Crippen LogP contribution >= 0.6 is 11.6 Å². The SMILES string of the molecule is COc1cc(/C=C/c2ccc(Cl)cc2)c(C(=O)O)c(O)c1CC=C(C)C. The highest BCUT2D eigenvalue weighted by atomic mass is 35.5. The molecule has 0 fully saturated rings. The van der Waals surface area contributed by atoms with Crippen molar-refractivity contribution in [1.29, 1.82) is 0 Å². The maximum absolute atomic E-state index is 11.7.